The van der Waals surface area contributed by atoms with Crippen LogP contribution in [0.2, 0.25) is 0 Å². The average molecular weight is 296 g/mol. The summed E-state index contributed by atoms with van der Waals surface area (Å²) in [7, 11) is 0. The normalized spacial score (nSPS) is 18.6. The van der Waals surface area contributed by atoms with Crippen molar-refractivity contribution in [3.05, 3.63) is 70.7 Å². The first-order valence-corrected chi connectivity index (χ1v) is 8.00. The van der Waals surface area contributed by atoms with Gasteiger partial charge in [0.1, 0.15) is 5.82 Å². The van der Waals surface area contributed by atoms with Crippen molar-refractivity contribution in [2.75, 3.05) is 0 Å². The van der Waals surface area contributed by atoms with Crippen molar-refractivity contribution in [2.45, 2.75) is 25.7 Å². The van der Waals surface area contributed by atoms with Crippen molar-refractivity contribution in [3.8, 4) is 0 Å². The number of rotatable bonds is 3. The van der Waals surface area contributed by atoms with E-state index in [1.165, 1.54) is 5.56 Å². The first kappa shape index (κ1) is 12.7. The molecule has 0 unspecified atom stereocenters. The van der Waals surface area contributed by atoms with Gasteiger partial charge in [0.2, 0.25) is 0 Å². The van der Waals surface area contributed by atoms with Gasteiger partial charge >= 0.3 is 0 Å². The fraction of sp³-hybridized carbons (Fsp3) is 0.250. The lowest BCUT2D eigenvalue weighted by molar-refractivity contribution is 0.127. The van der Waals surface area contributed by atoms with E-state index < -0.39 is 0 Å². The van der Waals surface area contributed by atoms with E-state index in [0.29, 0.717) is 6.04 Å². The molecule has 1 aromatic carbocycles. The van der Waals surface area contributed by atoms with Crippen molar-refractivity contribution < 1.29 is 0 Å². The monoisotopic (exact) mass is 296 g/mol. The first-order chi connectivity index (χ1) is 10.4. The van der Waals surface area contributed by atoms with Gasteiger partial charge in [-0.3, -0.25) is 4.90 Å². The predicted molar refractivity (Wildman–Crippen MR) is 82.8 cm³/mol. The van der Waals surface area contributed by atoms with Gasteiger partial charge in [-0.05, 0) is 5.56 Å². The van der Waals surface area contributed by atoms with Gasteiger partial charge in [-0.15, -0.1) is 11.3 Å². The zero-order valence-corrected chi connectivity index (χ0v) is 12.4. The lowest BCUT2D eigenvalue weighted by atomic mass is 10.0. The van der Waals surface area contributed by atoms with Crippen LogP contribution in [0.25, 0.3) is 0 Å². The number of nitrogens with zero attached hydrogens (tertiary/aromatic N) is 4. The van der Waals surface area contributed by atoms with Gasteiger partial charge in [-0.25, -0.2) is 9.97 Å². The van der Waals surface area contributed by atoms with E-state index in [0.717, 1.165) is 31.2 Å². The molecule has 1 aliphatic rings. The number of thiazole rings is 1. The second-order valence-electron chi connectivity index (χ2n) is 5.31. The second-order valence-corrected chi connectivity index (χ2v) is 6.03. The Hall–Kier alpha value is -1.98. The Morgan fingerprint density at radius 2 is 2.10 bits per heavy atom. The van der Waals surface area contributed by atoms with Gasteiger partial charge in [-0.1, -0.05) is 30.3 Å². The maximum absolute atomic E-state index is 4.47. The Balaban J connectivity index is 1.67. The van der Waals surface area contributed by atoms with Gasteiger partial charge in [0.05, 0.1) is 23.8 Å². The van der Waals surface area contributed by atoms with Crippen LogP contribution in [0, 0.1) is 0 Å². The van der Waals surface area contributed by atoms with E-state index in [4.69, 9.17) is 0 Å². The standard InChI is InChI=1S/C16H16N4S/c1-2-4-13(5-3-1)15-9-19-7-6-17-16(19)10-20(15)8-14-11-21-12-18-14/h1-7,11-12,15H,8-10H2/t15-/m1/s1. The zero-order chi connectivity index (χ0) is 14.1. The topological polar surface area (TPSA) is 34.0 Å². The highest BCUT2D eigenvalue weighted by Crippen LogP contribution is 2.30. The van der Waals surface area contributed by atoms with Crippen molar-refractivity contribution in [1.82, 2.24) is 19.4 Å². The van der Waals surface area contributed by atoms with Crippen molar-refractivity contribution in [1.29, 1.82) is 0 Å². The third-order valence-corrected chi connectivity index (χ3v) is 4.62. The van der Waals surface area contributed by atoms with Gasteiger partial charge in [0.15, 0.2) is 0 Å². The van der Waals surface area contributed by atoms with Crippen LogP contribution in [0.4, 0.5) is 0 Å². The molecule has 0 N–H and O–H groups in total. The summed E-state index contributed by atoms with van der Waals surface area (Å²) in [5.41, 5.74) is 4.39. The largest absolute Gasteiger partial charge is 0.332 e. The van der Waals surface area contributed by atoms with Crippen molar-refractivity contribution in [2.24, 2.45) is 0 Å². The fourth-order valence-corrected chi connectivity index (χ4v) is 3.48. The highest BCUT2D eigenvalue weighted by molar-refractivity contribution is 7.07. The van der Waals surface area contributed by atoms with Crippen LogP contribution in [-0.2, 0) is 19.6 Å². The Labute approximate surface area is 127 Å². The molecule has 4 nitrogen and oxygen atoms in total. The predicted octanol–water partition coefficient (Wildman–Crippen LogP) is 3.10. The molecule has 0 bridgehead atoms. The third-order valence-electron chi connectivity index (χ3n) is 3.99. The molecule has 0 saturated heterocycles. The summed E-state index contributed by atoms with van der Waals surface area (Å²) < 4.78 is 2.26. The number of benzene rings is 1. The minimum Gasteiger partial charge on any atom is -0.332 e. The Morgan fingerprint density at radius 1 is 1.19 bits per heavy atom. The Bertz CT molecular complexity index is 705. The molecule has 0 aliphatic carbocycles. The second kappa shape index (κ2) is 5.42. The molecule has 1 atom stereocenters. The maximum atomic E-state index is 4.47. The molecule has 4 rings (SSSR count). The summed E-state index contributed by atoms with van der Waals surface area (Å²) in [4.78, 5) is 11.4. The van der Waals surface area contributed by atoms with Gasteiger partial charge < -0.3 is 4.57 Å². The molecule has 0 spiro atoms. The van der Waals surface area contributed by atoms with Gasteiger partial charge in [0.25, 0.3) is 0 Å². The molecule has 5 heteroatoms. The quantitative estimate of drug-likeness (QED) is 0.745. The molecule has 3 heterocycles. The van der Waals surface area contributed by atoms with E-state index in [9.17, 15) is 0 Å². The van der Waals surface area contributed by atoms with Crippen molar-refractivity contribution >= 4 is 11.3 Å². The summed E-state index contributed by atoms with van der Waals surface area (Å²) in [6.07, 6.45) is 3.97. The molecule has 3 aromatic rings. The zero-order valence-electron chi connectivity index (χ0n) is 11.6. The summed E-state index contributed by atoms with van der Waals surface area (Å²) in [5.74, 6) is 1.14. The molecule has 106 valence electrons. The smallest absolute Gasteiger partial charge is 0.122 e. The van der Waals surface area contributed by atoms with Gasteiger partial charge in [0, 0.05) is 30.9 Å². The molecular weight excluding hydrogens is 280 g/mol. The Kier molecular flexibility index (Phi) is 3.29. The highest BCUT2D eigenvalue weighted by atomic mass is 32.1. The van der Waals surface area contributed by atoms with E-state index in [1.54, 1.807) is 11.3 Å². The third kappa shape index (κ3) is 2.50. The maximum Gasteiger partial charge on any atom is 0.122 e. The van der Waals surface area contributed by atoms with E-state index in [1.807, 2.05) is 11.7 Å². The van der Waals surface area contributed by atoms with E-state index in [2.05, 4.69) is 61.3 Å². The average Bonchev–Trinajstić information content (AvgIpc) is 3.18. The number of fused-ring (bicyclic) bond motifs is 1. The van der Waals surface area contributed by atoms with Gasteiger partial charge in [-0.2, -0.15) is 0 Å². The summed E-state index contributed by atoms with van der Waals surface area (Å²) in [6, 6.07) is 11.1. The van der Waals surface area contributed by atoms with E-state index in [-0.39, 0.29) is 0 Å². The van der Waals surface area contributed by atoms with Crippen LogP contribution >= 0.6 is 11.3 Å². The molecule has 0 amide bonds. The number of hydrogen-bond acceptors (Lipinski definition) is 4. The SMILES string of the molecule is c1ccc([C@H]2Cn3ccnc3CN2Cc2cscn2)cc1. The summed E-state index contributed by atoms with van der Waals surface area (Å²) in [6.45, 7) is 2.68. The minimum atomic E-state index is 0.370. The number of hydrogen-bond donors (Lipinski definition) is 0. The molecule has 0 fully saturated rings. The molecule has 21 heavy (non-hydrogen) atoms. The van der Waals surface area contributed by atoms with Crippen LogP contribution in [-0.4, -0.2) is 19.4 Å². The van der Waals surface area contributed by atoms with Crippen LogP contribution < -0.4 is 0 Å². The first-order valence-electron chi connectivity index (χ1n) is 7.06. The molecule has 0 saturated carbocycles. The highest BCUT2D eigenvalue weighted by Gasteiger charge is 2.28. The molecule has 0 radical (unpaired) electrons. The molecule has 1 aliphatic heterocycles. The molecule has 2 aromatic heterocycles. The minimum absolute atomic E-state index is 0.370. The molecular formula is C16H16N4S. The van der Waals surface area contributed by atoms with Crippen LogP contribution in [0.3, 0.4) is 0 Å². The summed E-state index contributed by atoms with van der Waals surface area (Å²) >= 11 is 1.65. The lowest BCUT2D eigenvalue weighted by Gasteiger charge is -2.36. The summed E-state index contributed by atoms with van der Waals surface area (Å²) in [5, 5.41) is 2.13. The Morgan fingerprint density at radius 3 is 2.90 bits per heavy atom. The lowest BCUT2D eigenvalue weighted by Crippen LogP contribution is -2.36. The number of imidazole rings is 1. The van der Waals surface area contributed by atoms with Crippen molar-refractivity contribution in [3.63, 3.8) is 0 Å². The van der Waals surface area contributed by atoms with E-state index >= 15 is 0 Å². The van der Waals surface area contributed by atoms with Crippen LogP contribution in [0.15, 0.2) is 53.6 Å². The van der Waals surface area contributed by atoms with Crippen LogP contribution in [0.5, 0.6) is 0 Å². The fourth-order valence-electron chi connectivity index (χ4n) is 2.93. The van der Waals surface area contributed by atoms with Crippen LogP contribution in [0.1, 0.15) is 23.1 Å². The number of aromatic nitrogens is 3.